The van der Waals surface area contributed by atoms with Gasteiger partial charge in [0.25, 0.3) is 0 Å². The van der Waals surface area contributed by atoms with Crippen molar-refractivity contribution in [2.24, 2.45) is 0 Å². The number of rotatable bonds is 9. The second-order valence-corrected chi connectivity index (χ2v) is 17.8. The molecule has 0 aliphatic heterocycles. The van der Waals surface area contributed by atoms with E-state index >= 15 is 0 Å². The number of aromatic nitrogens is 4. The van der Waals surface area contributed by atoms with Crippen molar-refractivity contribution < 1.29 is 0 Å². The Morgan fingerprint density at radius 3 is 1.61 bits per heavy atom. The van der Waals surface area contributed by atoms with E-state index in [1.54, 1.807) is 0 Å². The molecule has 69 heavy (non-hydrogen) atoms. The molecule has 0 spiro atoms. The Morgan fingerprint density at radius 2 is 1.00 bits per heavy atom. The number of fused-ring (bicyclic) bond motifs is 3. The van der Waals surface area contributed by atoms with Crippen LogP contribution in [0.25, 0.3) is 89.5 Å². The monoisotopic (exact) mass is 883 g/mol. The van der Waals surface area contributed by atoms with Gasteiger partial charge < -0.3 is 4.57 Å². The second kappa shape index (κ2) is 18.0. The van der Waals surface area contributed by atoms with Gasteiger partial charge in [0.2, 0.25) is 0 Å². The largest absolute Gasteiger partial charge is 0.308 e. The molecule has 2 aliphatic rings. The Hall–Kier alpha value is -8.98. The molecular weight excluding hydrogens is 839 g/mol. The third-order valence-corrected chi connectivity index (χ3v) is 13.6. The van der Waals surface area contributed by atoms with Gasteiger partial charge in [-0.2, -0.15) is 5.26 Å². The summed E-state index contributed by atoms with van der Waals surface area (Å²) in [5, 5.41) is 12.4. The van der Waals surface area contributed by atoms with Gasteiger partial charge in [-0.1, -0.05) is 194 Å². The molecule has 12 rings (SSSR count). The molecule has 1 unspecified atom stereocenters. The van der Waals surface area contributed by atoms with Crippen LogP contribution in [-0.4, -0.2) is 19.5 Å². The van der Waals surface area contributed by atoms with E-state index < -0.39 is 0 Å². The fourth-order valence-corrected chi connectivity index (χ4v) is 10.0. The van der Waals surface area contributed by atoms with Crippen molar-refractivity contribution in [3.63, 3.8) is 0 Å². The molecule has 10 aromatic rings. The lowest BCUT2D eigenvalue weighted by molar-refractivity contribution is 0.854. The number of hydrogen-bond acceptors (Lipinski definition) is 4. The molecule has 8 aromatic carbocycles. The molecule has 2 aromatic heterocycles. The van der Waals surface area contributed by atoms with E-state index in [9.17, 15) is 5.26 Å². The molecule has 0 radical (unpaired) electrons. The summed E-state index contributed by atoms with van der Waals surface area (Å²) in [6.45, 7) is 0. The van der Waals surface area contributed by atoms with Crippen molar-refractivity contribution in [3.8, 4) is 68.2 Å². The lowest BCUT2D eigenvalue weighted by Crippen LogP contribution is -2.07. The van der Waals surface area contributed by atoms with Gasteiger partial charge in [0.05, 0.1) is 28.4 Å². The van der Waals surface area contributed by atoms with Crippen molar-refractivity contribution in [2.75, 3.05) is 0 Å². The second-order valence-electron chi connectivity index (χ2n) is 17.8. The molecule has 5 heteroatoms. The molecule has 2 atom stereocenters. The highest BCUT2D eigenvalue weighted by atomic mass is 15.0. The van der Waals surface area contributed by atoms with Crippen LogP contribution in [0.4, 0.5) is 0 Å². The number of benzene rings is 8. The first kappa shape index (κ1) is 41.5. The molecule has 2 aliphatic carbocycles. The Labute approximate surface area is 402 Å². The van der Waals surface area contributed by atoms with E-state index in [1.807, 2.05) is 54.6 Å². The van der Waals surface area contributed by atoms with Crippen molar-refractivity contribution in [1.82, 2.24) is 19.5 Å². The van der Waals surface area contributed by atoms with E-state index in [0.717, 1.165) is 90.4 Å². The summed E-state index contributed by atoms with van der Waals surface area (Å²) in [5.74, 6) is 2.36. The van der Waals surface area contributed by atoms with Gasteiger partial charge in [0.15, 0.2) is 17.5 Å². The van der Waals surface area contributed by atoms with E-state index in [2.05, 4.69) is 193 Å². The Morgan fingerprint density at radius 1 is 0.449 bits per heavy atom. The quantitative estimate of drug-likeness (QED) is 0.145. The predicted octanol–water partition coefficient (Wildman–Crippen LogP) is 15.9. The van der Waals surface area contributed by atoms with E-state index in [4.69, 9.17) is 15.0 Å². The molecule has 326 valence electrons. The first-order chi connectivity index (χ1) is 34.1. The molecule has 0 saturated carbocycles. The van der Waals surface area contributed by atoms with Crippen molar-refractivity contribution in [3.05, 3.63) is 259 Å². The maximum Gasteiger partial charge on any atom is 0.164 e. The van der Waals surface area contributed by atoms with Gasteiger partial charge in [-0.15, -0.1) is 0 Å². The van der Waals surface area contributed by atoms with Crippen LogP contribution in [0.15, 0.2) is 237 Å². The van der Waals surface area contributed by atoms with E-state index in [1.165, 1.54) is 11.1 Å². The first-order valence-corrected chi connectivity index (χ1v) is 23.6. The highest BCUT2D eigenvalue weighted by Gasteiger charge is 2.25. The summed E-state index contributed by atoms with van der Waals surface area (Å²) < 4.78 is 2.42. The zero-order valence-electron chi connectivity index (χ0n) is 37.8. The third kappa shape index (κ3) is 7.99. The fraction of sp³-hybridized carbons (Fsp3) is 0.0625. The number of hydrogen-bond donors (Lipinski definition) is 0. The van der Waals surface area contributed by atoms with Crippen LogP contribution >= 0.6 is 0 Å². The summed E-state index contributed by atoms with van der Waals surface area (Å²) in [4.78, 5) is 15.6. The van der Waals surface area contributed by atoms with Crippen LogP contribution in [0.5, 0.6) is 0 Å². The normalized spacial score (nSPS) is 15.3. The van der Waals surface area contributed by atoms with Gasteiger partial charge in [-0.25, -0.2) is 15.0 Å². The number of allylic oxidation sites excluding steroid dienone is 8. The molecule has 0 N–H and O–H groups in total. The Kier molecular flexibility index (Phi) is 10.8. The van der Waals surface area contributed by atoms with Gasteiger partial charge >= 0.3 is 0 Å². The summed E-state index contributed by atoms with van der Waals surface area (Å²) in [5.41, 5.74) is 15.5. The number of nitriles is 1. The van der Waals surface area contributed by atoms with Crippen LogP contribution < -0.4 is 0 Å². The Balaban J connectivity index is 1.16. The van der Waals surface area contributed by atoms with Crippen LogP contribution in [0.2, 0.25) is 0 Å². The smallest absolute Gasteiger partial charge is 0.164 e. The topological polar surface area (TPSA) is 67.4 Å². The zero-order chi connectivity index (χ0) is 46.1. The average molecular weight is 884 g/mol. The summed E-state index contributed by atoms with van der Waals surface area (Å²) >= 11 is 0. The molecule has 0 fully saturated rings. The molecule has 0 saturated heterocycles. The van der Waals surface area contributed by atoms with Gasteiger partial charge in [0.1, 0.15) is 0 Å². The number of nitrogens with zero attached hydrogens (tertiary/aromatic N) is 5. The minimum atomic E-state index is 0.247. The molecular formula is C64H45N5. The molecule has 2 heterocycles. The summed E-state index contributed by atoms with van der Waals surface area (Å²) in [7, 11) is 0. The van der Waals surface area contributed by atoms with E-state index in [-0.39, 0.29) is 5.92 Å². The van der Waals surface area contributed by atoms with Crippen LogP contribution in [-0.2, 0) is 0 Å². The molecule has 5 nitrogen and oxygen atoms in total. The van der Waals surface area contributed by atoms with Gasteiger partial charge in [0, 0.05) is 50.4 Å². The van der Waals surface area contributed by atoms with Crippen LogP contribution in [0, 0.1) is 11.3 Å². The highest BCUT2D eigenvalue weighted by Crippen LogP contribution is 2.45. The fourth-order valence-electron chi connectivity index (χ4n) is 10.0. The van der Waals surface area contributed by atoms with Crippen LogP contribution in [0.3, 0.4) is 0 Å². The van der Waals surface area contributed by atoms with Gasteiger partial charge in [-0.3, -0.25) is 0 Å². The minimum Gasteiger partial charge on any atom is -0.308 e. The SMILES string of the molecule is N#Cc1ccc2c(c1)c1cc(-c3ccccc3)ccc1n2-c1c(C2=CC[C@@H](c3ccccc3)C=C2)cc(-c2nc(-c3ccccc3)nc(-c3ccccc3)n2)cc1-c1ccc(C2C=CC=CC2)cc1. The van der Waals surface area contributed by atoms with Gasteiger partial charge in [-0.05, 0) is 88.7 Å². The van der Waals surface area contributed by atoms with Crippen molar-refractivity contribution in [1.29, 1.82) is 5.26 Å². The van der Waals surface area contributed by atoms with Crippen molar-refractivity contribution >= 4 is 27.4 Å². The average Bonchev–Trinajstić information content (AvgIpc) is 3.76. The third-order valence-electron chi connectivity index (χ3n) is 13.6. The maximum atomic E-state index is 10.3. The standard InChI is InChI=1S/C64H45N5/c65-42-43-26-36-59-57(38-43)58-39-53(46-20-10-3-11-21-46)35-37-60(58)69(59)61-55(49-31-27-47(28-32-49)44-16-6-1-7-17-44)40-54(41-56(61)50-33-29-48(30-34-50)45-18-8-2-9-19-45)64-67-62(51-22-12-4-13-23-51)66-63(68-64)52-24-14-5-15-25-52/h1-18,20-27,29-41,45,47H,19,28H2/t45?,47-/m0/s1. The van der Waals surface area contributed by atoms with Crippen LogP contribution in [0.1, 0.15) is 46.9 Å². The van der Waals surface area contributed by atoms with Crippen molar-refractivity contribution in [2.45, 2.75) is 24.7 Å². The van der Waals surface area contributed by atoms with E-state index in [0.29, 0.717) is 29.0 Å². The summed E-state index contributed by atoms with van der Waals surface area (Å²) in [6, 6.07) is 70.5. The molecule has 0 bridgehead atoms. The maximum absolute atomic E-state index is 10.3. The molecule has 0 amide bonds. The minimum absolute atomic E-state index is 0.247. The lowest BCUT2D eigenvalue weighted by Gasteiger charge is -2.24. The Bertz CT molecular complexity index is 3650. The highest BCUT2D eigenvalue weighted by molar-refractivity contribution is 6.12. The predicted molar refractivity (Wildman–Crippen MR) is 283 cm³/mol. The zero-order valence-corrected chi connectivity index (χ0v) is 37.8. The summed E-state index contributed by atoms with van der Waals surface area (Å²) in [6.07, 6.45) is 17.7. The first-order valence-electron chi connectivity index (χ1n) is 23.6. The lowest BCUT2D eigenvalue weighted by atomic mass is 9.85.